The van der Waals surface area contributed by atoms with Crippen LogP contribution < -0.4 is 5.32 Å². The van der Waals surface area contributed by atoms with Crippen molar-refractivity contribution in [1.82, 2.24) is 0 Å². The van der Waals surface area contributed by atoms with Crippen molar-refractivity contribution in [2.45, 2.75) is 13.8 Å². The zero-order chi connectivity index (χ0) is 20.8. The number of nitro benzene ring substituents is 1. The Bertz CT molecular complexity index is 901. The second-order valence-electron chi connectivity index (χ2n) is 5.43. The van der Waals surface area contributed by atoms with Crippen LogP contribution in [-0.4, -0.2) is 45.9 Å². The number of esters is 1. The summed E-state index contributed by atoms with van der Waals surface area (Å²) in [6, 6.07) is 2.12. The number of carbonyl (C=O) groups excluding carboxylic acids is 3. The van der Waals surface area contributed by atoms with Gasteiger partial charge in [-0.1, -0.05) is 11.8 Å². The molecule has 3 amide bonds. The van der Waals surface area contributed by atoms with Crippen molar-refractivity contribution >= 4 is 51.8 Å². The van der Waals surface area contributed by atoms with E-state index >= 15 is 0 Å². The molecule has 0 radical (unpaired) electrons. The SMILES string of the molecule is CCOC(=O)C1C(C)=NC(=O)N=C1SCC(=O)Nc1ccc(F)c([N+](=O)[O-])c1. The highest BCUT2D eigenvalue weighted by atomic mass is 32.2. The van der Waals surface area contributed by atoms with Gasteiger partial charge in [-0.15, -0.1) is 0 Å². The summed E-state index contributed by atoms with van der Waals surface area (Å²) in [5, 5.41) is 13.2. The monoisotopic (exact) mass is 410 g/mol. The summed E-state index contributed by atoms with van der Waals surface area (Å²) < 4.78 is 18.3. The number of aliphatic imine (C=N–C) groups is 2. The van der Waals surface area contributed by atoms with Crippen molar-refractivity contribution in [3.63, 3.8) is 0 Å². The lowest BCUT2D eigenvalue weighted by Gasteiger charge is -2.19. The third kappa shape index (κ3) is 5.19. The first-order valence-electron chi connectivity index (χ1n) is 7.93. The number of benzene rings is 1. The fourth-order valence-corrected chi connectivity index (χ4v) is 3.18. The van der Waals surface area contributed by atoms with Gasteiger partial charge in [-0.25, -0.2) is 4.79 Å². The summed E-state index contributed by atoms with van der Waals surface area (Å²) in [5.41, 5.74) is -0.544. The summed E-state index contributed by atoms with van der Waals surface area (Å²) in [7, 11) is 0. The molecule has 0 aromatic heterocycles. The van der Waals surface area contributed by atoms with Crippen LogP contribution in [-0.2, 0) is 14.3 Å². The second-order valence-corrected chi connectivity index (χ2v) is 6.43. The van der Waals surface area contributed by atoms with Gasteiger partial charge in [0, 0.05) is 17.5 Å². The topological polar surface area (TPSA) is 140 Å². The van der Waals surface area contributed by atoms with Gasteiger partial charge >= 0.3 is 17.7 Å². The predicted octanol–water partition coefficient (Wildman–Crippen LogP) is 2.58. The van der Waals surface area contributed by atoms with Crippen molar-refractivity contribution in [3.8, 4) is 0 Å². The van der Waals surface area contributed by atoms with Crippen LogP contribution in [0.3, 0.4) is 0 Å². The highest BCUT2D eigenvalue weighted by molar-refractivity contribution is 8.14. The minimum absolute atomic E-state index is 0.0278. The van der Waals surface area contributed by atoms with Crippen LogP contribution in [0, 0.1) is 21.8 Å². The summed E-state index contributed by atoms with van der Waals surface area (Å²) in [4.78, 5) is 52.9. The Morgan fingerprint density at radius 3 is 2.75 bits per heavy atom. The van der Waals surface area contributed by atoms with E-state index in [9.17, 15) is 28.9 Å². The Balaban J connectivity index is 2.06. The number of nitrogens with one attached hydrogen (secondary N) is 1. The average molecular weight is 410 g/mol. The molecule has 2 rings (SSSR count). The number of ether oxygens (including phenoxy) is 1. The van der Waals surface area contributed by atoms with Crippen LogP contribution in [0.1, 0.15) is 13.8 Å². The van der Waals surface area contributed by atoms with Crippen LogP contribution in [0.25, 0.3) is 0 Å². The van der Waals surface area contributed by atoms with Gasteiger partial charge in [-0.3, -0.25) is 19.7 Å². The summed E-state index contributed by atoms with van der Waals surface area (Å²) in [6.45, 7) is 3.22. The smallest absolute Gasteiger partial charge is 0.367 e. The minimum Gasteiger partial charge on any atom is -0.465 e. The molecule has 0 aliphatic carbocycles. The Labute approximate surface area is 162 Å². The van der Waals surface area contributed by atoms with Gasteiger partial charge in [0.25, 0.3) is 0 Å². The molecule has 10 nitrogen and oxygen atoms in total. The third-order valence-corrected chi connectivity index (χ3v) is 4.47. The van der Waals surface area contributed by atoms with E-state index in [1.165, 1.54) is 13.0 Å². The molecule has 28 heavy (non-hydrogen) atoms. The van der Waals surface area contributed by atoms with Gasteiger partial charge in [0.15, 0.2) is 0 Å². The molecule has 1 aliphatic heterocycles. The van der Waals surface area contributed by atoms with Gasteiger partial charge in [0.1, 0.15) is 5.92 Å². The molecule has 1 aromatic carbocycles. The second kappa shape index (κ2) is 9.17. The number of nitro groups is 1. The molecule has 0 bridgehead atoms. The van der Waals surface area contributed by atoms with Crippen molar-refractivity contribution in [3.05, 3.63) is 34.1 Å². The van der Waals surface area contributed by atoms with Crippen molar-refractivity contribution < 1.29 is 28.4 Å². The Morgan fingerprint density at radius 2 is 2.11 bits per heavy atom. The summed E-state index contributed by atoms with van der Waals surface area (Å²) in [6.07, 6.45) is 0. The summed E-state index contributed by atoms with van der Waals surface area (Å²) in [5.74, 6) is -3.50. The third-order valence-electron chi connectivity index (χ3n) is 3.44. The lowest BCUT2D eigenvalue weighted by atomic mass is 10.1. The molecular weight excluding hydrogens is 395 g/mol. The molecule has 1 heterocycles. The molecule has 148 valence electrons. The zero-order valence-corrected chi connectivity index (χ0v) is 15.6. The number of anilines is 1. The molecule has 0 spiro atoms. The van der Waals surface area contributed by atoms with Gasteiger partial charge in [-0.05, 0) is 26.0 Å². The molecule has 1 aliphatic rings. The highest BCUT2D eigenvalue weighted by Gasteiger charge is 2.33. The maximum atomic E-state index is 13.3. The first-order valence-corrected chi connectivity index (χ1v) is 8.92. The molecule has 12 heteroatoms. The molecule has 0 saturated heterocycles. The molecule has 1 atom stereocenters. The van der Waals surface area contributed by atoms with Crippen LogP contribution in [0.2, 0.25) is 0 Å². The number of carbonyl (C=O) groups is 3. The van der Waals surface area contributed by atoms with E-state index in [1.54, 1.807) is 6.92 Å². The quantitative estimate of drug-likeness (QED) is 0.432. The van der Waals surface area contributed by atoms with Crippen LogP contribution >= 0.6 is 11.8 Å². The first kappa shape index (κ1) is 21.2. The molecular formula is C16H15FN4O6S. The Hall–Kier alpha value is -3.15. The molecule has 1 aromatic rings. The largest absolute Gasteiger partial charge is 0.465 e. The average Bonchev–Trinajstić information content (AvgIpc) is 2.61. The van der Waals surface area contributed by atoms with E-state index in [4.69, 9.17) is 4.74 Å². The Kier molecular flexibility index (Phi) is 6.93. The van der Waals surface area contributed by atoms with Crippen molar-refractivity contribution in [1.29, 1.82) is 0 Å². The summed E-state index contributed by atoms with van der Waals surface area (Å²) >= 11 is 0.836. The van der Waals surface area contributed by atoms with Crippen LogP contribution in [0.15, 0.2) is 28.2 Å². The molecule has 0 fully saturated rings. The van der Waals surface area contributed by atoms with Crippen LogP contribution in [0.5, 0.6) is 0 Å². The lowest BCUT2D eigenvalue weighted by molar-refractivity contribution is -0.387. The van der Waals surface area contributed by atoms with Gasteiger partial charge in [-0.2, -0.15) is 14.4 Å². The number of halogens is 1. The fourth-order valence-electron chi connectivity index (χ4n) is 2.26. The normalized spacial score (nSPS) is 16.1. The molecule has 1 N–H and O–H groups in total. The fraction of sp³-hybridized carbons (Fsp3) is 0.312. The first-order chi connectivity index (χ1) is 13.2. The van der Waals surface area contributed by atoms with Gasteiger partial charge in [0.2, 0.25) is 11.7 Å². The van der Waals surface area contributed by atoms with E-state index in [2.05, 4.69) is 15.3 Å². The minimum atomic E-state index is -1.03. The zero-order valence-electron chi connectivity index (χ0n) is 14.8. The molecule has 1 unspecified atom stereocenters. The van der Waals surface area contributed by atoms with E-state index in [0.29, 0.717) is 0 Å². The number of thioether (sulfide) groups is 1. The number of nitrogens with zero attached hydrogens (tertiary/aromatic N) is 3. The van der Waals surface area contributed by atoms with E-state index in [0.717, 1.165) is 23.9 Å². The maximum Gasteiger partial charge on any atom is 0.367 e. The van der Waals surface area contributed by atoms with Gasteiger partial charge in [0.05, 0.1) is 22.3 Å². The standard InChI is InChI=1S/C16H15FN4O6S/c1-3-27-15(23)13-8(2)18-16(24)20-14(13)28-7-12(22)19-9-4-5-10(17)11(6-9)21(25)26/h4-6,13H,3,7H2,1-2H3,(H,19,22). The van der Waals surface area contributed by atoms with Crippen LogP contribution in [0.4, 0.5) is 20.6 Å². The molecule has 0 saturated carbocycles. The lowest BCUT2D eigenvalue weighted by Crippen LogP contribution is -2.34. The van der Waals surface area contributed by atoms with E-state index in [-0.39, 0.29) is 28.8 Å². The highest BCUT2D eigenvalue weighted by Crippen LogP contribution is 2.24. The number of urea groups is 1. The number of hydrogen-bond donors (Lipinski definition) is 1. The van der Waals surface area contributed by atoms with Crippen molar-refractivity contribution in [2.75, 3.05) is 17.7 Å². The Morgan fingerprint density at radius 1 is 1.39 bits per heavy atom. The van der Waals surface area contributed by atoms with Gasteiger partial charge < -0.3 is 10.1 Å². The van der Waals surface area contributed by atoms with E-state index < -0.39 is 40.3 Å². The number of amides is 3. The number of hydrogen-bond acceptors (Lipinski definition) is 7. The number of rotatable bonds is 6. The van der Waals surface area contributed by atoms with E-state index in [1.807, 2.05) is 0 Å². The maximum absolute atomic E-state index is 13.3. The van der Waals surface area contributed by atoms with Crippen molar-refractivity contribution in [2.24, 2.45) is 15.9 Å². The predicted molar refractivity (Wildman–Crippen MR) is 100 cm³/mol.